The standard InChI is InChI=1S/C30H34FNO3/c1-4-6-24-11-10-23(20-35-28-18-22(3)9-12-27(28)31)19-26(24)29(33)32-30(13-15-34-16-14-30)25-8-5-7-21(2)17-25/h5,7-12,17-19H,4,6,13-16,20H2,1-3H3,(H,32,33). The molecule has 0 unspecified atom stereocenters. The summed E-state index contributed by atoms with van der Waals surface area (Å²) in [6.45, 7) is 7.46. The Labute approximate surface area is 207 Å². The van der Waals surface area contributed by atoms with E-state index >= 15 is 0 Å². The summed E-state index contributed by atoms with van der Waals surface area (Å²) >= 11 is 0. The number of nitrogens with one attached hydrogen (secondary N) is 1. The molecule has 0 radical (unpaired) electrons. The second kappa shape index (κ2) is 11.0. The van der Waals surface area contributed by atoms with Crippen LogP contribution in [0.5, 0.6) is 5.75 Å². The number of benzene rings is 3. The summed E-state index contributed by atoms with van der Waals surface area (Å²) < 4.78 is 25.5. The third-order valence-corrected chi connectivity index (χ3v) is 6.69. The van der Waals surface area contributed by atoms with Gasteiger partial charge in [-0.3, -0.25) is 4.79 Å². The lowest BCUT2D eigenvalue weighted by Crippen LogP contribution is -2.49. The van der Waals surface area contributed by atoms with Crippen LogP contribution >= 0.6 is 0 Å². The number of carbonyl (C=O) groups is 1. The molecule has 1 heterocycles. The van der Waals surface area contributed by atoms with Crippen molar-refractivity contribution in [3.8, 4) is 5.75 Å². The number of carbonyl (C=O) groups excluding carboxylic acids is 1. The Kier molecular flexibility index (Phi) is 7.86. The molecule has 0 aromatic heterocycles. The van der Waals surface area contributed by atoms with E-state index in [1.165, 1.54) is 6.07 Å². The van der Waals surface area contributed by atoms with Crippen molar-refractivity contribution in [1.82, 2.24) is 5.32 Å². The molecule has 5 heteroatoms. The van der Waals surface area contributed by atoms with E-state index < -0.39 is 11.4 Å². The fraction of sp³-hybridized carbons (Fsp3) is 0.367. The third kappa shape index (κ3) is 5.91. The van der Waals surface area contributed by atoms with Crippen LogP contribution in [-0.4, -0.2) is 19.1 Å². The molecule has 1 aliphatic rings. The highest BCUT2D eigenvalue weighted by Gasteiger charge is 2.36. The van der Waals surface area contributed by atoms with Gasteiger partial charge < -0.3 is 14.8 Å². The van der Waals surface area contributed by atoms with Gasteiger partial charge in [-0.15, -0.1) is 0 Å². The van der Waals surface area contributed by atoms with Crippen molar-refractivity contribution in [2.75, 3.05) is 13.2 Å². The van der Waals surface area contributed by atoms with Crippen LogP contribution < -0.4 is 10.1 Å². The van der Waals surface area contributed by atoms with Gasteiger partial charge in [0.1, 0.15) is 6.61 Å². The lowest BCUT2D eigenvalue weighted by atomic mass is 9.81. The quantitative estimate of drug-likeness (QED) is 0.410. The van der Waals surface area contributed by atoms with Crippen LogP contribution in [0.2, 0.25) is 0 Å². The van der Waals surface area contributed by atoms with E-state index in [4.69, 9.17) is 9.47 Å². The Hall–Kier alpha value is -3.18. The minimum absolute atomic E-state index is 0.0968. The van der Waals surface area contributed by atoms with E-state index in [0.717, 1.165) is 53.5 Å². The largest absolute Gasteiger partial charge is 0.486 e. The summed E-state index contributed by atoms with van der Waals surface area (Å²) in [7, 11) is 0. The lowest BCUT2D eigenvalue weighted by Gasteiger charge is -2.39. The molecule has 1 amide bonds. The van der Waals surface area contributed by atoms with Gasteiger partial charge in [-0.05, 0) is 73.6 Å². The van der Waals surface area contributed by atoms with Crippen LogP contribution in [0.3, 0.4) is 0 Å². The van der Waals surface area contributed by atoms with Gasteiger partial charge in [0.05, 0.1) is 5.54 Å². The SMILES string of the molecule is CCCc1ccc(COc2cc(C)ccc2F)cc1C(=O)NC1(c2cccc(C)c2)CCOCC1. The maximum atomic E-state index is 14.1. The highest BCUT2D eigenvalue weighted by atomic mass is 19.1. The fourth-order valence-corrected chi connectivity index (χ4v) is 4.73. The second-order valence-corrected chi connectivity index (χ2v) is 9.48. The number of amides is 1. The molecule has 0 saturated carbocycles. The smallest absolute Gasteiger partial charge is 0.252 e. The van der Waals surface area contributed by atoms with Crippen LogP contribution in [0.15, 0.2) is 60.7 Å². The molecule has 0 spiro atoms. The number of rotatable bonds is 8. The van der Waals surface area contributed by atoms with E-state index in [2.05, 4.69) is 37.4 Å². The van der Waals surface area contributed by atoms with Crippen molar-refractivity contribution in [2.24, 2.45) is 0 Å². The first kappa shape index (κ1) is 24.9. The maximum absolute atomic E-state index is 14.1. The van der Waals surface area contributed by atoms with Crippen LogP contribution in [0, 0.1) is 19.7 Å². The highest BCUT2D eigenvalue weighted by Crippen LogP contribution is 2.33. The van der Waals surface area contributed by atoms with Crippen molar-refractivity contribution in [1.29, 1.82) is 0 Å². The summed E-state index contributed by atoms with van der Waals surface area (Å²) in [6.07, 6.45) is 3.18. The molecule has 1 aliphatic heterocycles. The number of aryl methyl sites for hydroxylation is 3. The number of halogens is 1. The topological polar surface area (TPSA) is 47.6 Å². The number of ether oxygens (including phenoxy) is 2. The number of hydrogen-bond donors (Lipinski definition) is 1. The van der Waals surface area contributed by atoms with Gasteiger partial charge in [-0.25, -0.2) is 4.39 Å². The zero-order valence-corrected chi connectivity index (χ0v) is 20.8. The fourth-order valence-electron chi connectivity index (χ4n) is 4.73. The van der Waals surface area contributed by atoms with Crippen molar-refractivity contribution >= 4 is 5.91 Å². The summed E-state index contributed by atoms with van der Waals surface area (Å²) in [4.78, 5) is 13.7. The predicted octanol–water partition coefficient (Wildman–Crippen LogP) is 6.41. The van der Waals surface area contributed by atoms with Crippen LogP contribution in [0.1, 0.15) is 64.4 Å². The number of hydrogen-bond acceptors (Lipinski definition) is 3. The molecule has 184 valence electrons. The van der Waals surface area contributed by atoms with Gasteiger partial charge in [0.2, 0.25) is 0 Å². The van der Waals surface area contributed by atoms with E-state index in [1.807, 2.05) is 31.2 Å². The minimum Gasteiger partial charge on any atom is -0.486 e. The Bertz CT molecular complexity index is 1180. The zero-order chi connectivity index (χ0) is 24.8. The molecule has 3 aromatic carbocycles. The molecular weight excluding hydrogens is 441 g/mol. The molecule has 1 fully saturated rings. The monoisotopic (exact) mass is 475 g/mol. The molecule has 3 aromatic rings. The summed E-state index contributed by atoms with van der Waals surface area (Å²) in [5.74, 6) is -0.273. The zero-order valence-electron chi connectivity index (χ0n) is 20.8. The molecular formula is C30H34FNO3. The minimum atomic E-state index is -0.470. The summed E-state index contributed by atoms with van der Waals surface area (Å²) in [5, 5.41) is 3.39. The average Bonchev–Trinajstić information content (AvgIpc) is 2.86. The van der Waals surface area contributed by atoms with Gasteiger partial charge in [-0.1, -0.05) is 61.4 Å². The van der Waals surface area contributed by atoms with Crippen LogP contribution in [0.25, 0.3) is 0 Å². The van der Waals surface area contributed by atoms with Crippen molar-refractivity contribution in [2.45, 2.75) is 58.6 Å². The molecule has 1 N–H and O–H groups in total. The first-order valence-corrected chi connectivity index (χ1v) is 12.4. The Balaban J connectivity index is 1.61. The molecule has 35 heavy (non-hydrogen) atoms. The average molecular weight is 476 g/mol. The van der Waals surface area contributed by atoms with E-state index in [9.17, 15) is 9.18 Å². The predicted molar refractivity (Wildman–Crippen MR) is 136 cm³/mol. The normalized spacial score (nSPS) is 15.0. The van der Waals surface area contributed by atoms with Crippen molar-refractivity contribution < 1.29 is 18.7 Å². The first-order valence-electron chi connectivity index (χ1n) is 12.4. The first-order chi connectivity index (χ1) is 16.9. The highest BCUT2D eigenvalue weighted by molar-refractivity contribution is 5.96. The molecule has 0 bridgehead atoms. The third-order valence-electron chi connectivity index (χ3n) is 6.69. The van der Waals surface area contributed by atoms with E-state index in [0.29, 0.717) is 18.8 Å². The Morgan fingerprint density at radius 2 is 1.80 bits per heavy atom. The molecule has 0 atom stereocenters. The van der Waals surface area contributed by atoms with Gasteiger partial charge in [-0.2, -0.15) is 0 Å². The van der Waals surface area contributed by atoms with Gasteiger partial charge in [0.25, 0.3) is 5.91 Å². The van der Waals surface area contributed by atoms with Crippen LogP contribution in [-0.2, 0) is 23.3 Å². The van der Waals surface area contributed by atoms with E-state index in [1.54, 1.807) is 12.1 Å². The van der Waals surface area contributed by atoms with E-state index in [-0.39, 0.29) is 18.3 Å². The molecule has 4 nitrogen and oxygen atoms in total. The maximum Gasteiger partial charge on any atom is 0.252 e. The molecule has 1 saturated heterocycles. The summed E-state index contributed by atoms with van der Waals surface area (Å²) in [5.41, 5.74) is 5.21. The Morgan fingerprint density at radius 1 is 1.03 bits per heavy atom. The van der Waals surface area contributed by atoms with Crippen molar-refractivity contribution in [3.05, 3.63) is 99.9 Å². The molecule has 4 rings (SSSR count). The Morgan fingerprint density at radius 3 is 2.54 bits per heavy atom. The van der Waals surface area contributed by atoms with Crippen LogP contribution in [0.4, 0.5) is 4.39 Å². The van der Waals surface area contributed by atoms with Gasteiger partial charge in [0.15, 0.2) is 11.6 Å². The van der Waals surface area contributed by atoms with Crippen molar-refractivity contribution in [3.63, 3.8) is 0 Å². The molecule has 0 aliphatic carbocycles. The summed E-state index contributed by atoms with van der Waals surface area (Å²) in [6, 6.07) is 19.0. The van der Waals surface area contributed by atoms with Gasteiger partial charge in [0, 0.05) is 18.8 Å². The van der Waals surface area contributed by atoms with Gasteiger partial charge >= 0.3 is 0 Å². The lowest BCUT2D eigenvalue weighted by molar-refractivity contribution is 0.0345. The second-order valence-electron chi connectivity index (χ2n) is 9.48.